The highest BCUT2D eigenvalue weighted by molar-refractivity contribution is 14.1. The van der Waals surface area contributed by atoms with Crippen LogP contribution in [-0.2, 0) is 0 Å². The molecular formula is C59H39IN4. The summed E-state index contributed by atoms with van der Waals surface area (Å²) >= 11 is 2.42. The van der Waals surface area contributed by atoms with Crippen LogP contribution in [0.15, 0.2) is 218 Å². The van der Waals surface area contributed by atoms with Gasteiger partial charge in [0.15, 0.2) is 5.82 Å². The lowest BCUT2D eigenvalue weighted by molar-refractivity contribution is 1.18. The van der Waals surface area contributed by atoms with E-state index in [0.717, 1.165) is 50.6 Å². The molecule has 0 aliphatic rings. The van der Waals surface area contributed by atoms with Crippen molar-refractivity contribution in [2.45, 2.75) is 6.92 Å². The van der Waals surface area contributed by atoms with Gasteiger partial charge in [-0.05, 0) is 131 Å². The molecule has 0 unspecified atom stereocenters. The largest absolute Gasteiger partial charge is 0.309 e. The molecule has 0 aliphatic heterocycles. The van der Waals surface area contributed by atoms with Crippen molar-refractivity contribution in [3.63, 3.8) is 0 Å². The lowest BCUT2D eigenvalue weighted by Gasteiger charge is -2.13. The number of aromatic nitrogens is 4. The first-order valence-corrected chi connectivity index (χ1v) is 22.7. The highest BCUT2D eigenvalue weighted by atomic mass is 127. The Labute approximate surface area is 384 Å². The molecule has 5 heteroatoms. The molecule has 0 saturated carbocycles. The predicted molar refractivity (Wildman–Crippen MR) is 275 cm³/mol. The number of nitrogens with zero attached hydrogens (tertiary/aromatic N) is 4. The van der Waals surface area contributed by atoms with Crippen LogP contribution in [0.3, 0.4) is 0 Å². The first kappa shape index (κ1) is 38.1. The van der Waals surface area contributed by atoms with Gasteiger partial charge in [0.05, 0.1) is 33.5 Å². The summed E-state index contributed by atoms with van der Waals surface area (Å²) in [5.74, 6) is 0.707. The zero-order chi connectivity index (χ0) is 42.7. The van der Waals surface area contributed by atoms with E-state index in [4.69, 9.17) is 9.97 Å². The zero-order valence-corrected chi connectivity index (χ0v) is 37.1. The molecule has 3 aromatic heterocycles. The number of aryl methyl sites for hydroxylation is 1. The molecule has 64 heavy (non-hydrogen) atoms. The summed E-state index contributed by atoms with van der Waals surface area (Å²) in [7, 11) is 0. The standard InChI is InChI=1S/C59H39IN4/c1-38-25-29-56-51(31-38)52-36-46(60)27-30-57(52)63(56)47-21-12-19-43(34-47)44-26-28-50-49-23-8-9-24-55(49)64(58(50)35-44)48-22-11-18-42(33-48)41-17-10-20-45(32-41)54-37-53(39-13-4-2-5-14-39)61-59(62-54)40-15-6-3-7-16-40/h2-37H,1H3. The van der Waals surface area contributed by atoms with Gasteiger partial charge in [0.25, 0.3) is 0 Å². The van der Waals surface area contributed by atoms with E-state index >= 15 is 0 Å². The number of para-hydroxylation sites is 1. The van der Waals surface area contributed by atoms with Crippen molar-refractivity contribution in [1.82, 2.24) is 19.1 Å². The summed E-state index contributed by atoms with van der Waals surface area (Å²) in [5.41, 5.74) is 17.7. The average molecular weight is 931 g/mol. The fourth-order valence-electron chi connectivity index (χ4n) is 9.39. The molecule has 0 aliphatic carbocycles. The average Bonchev–Trinajstić information content (AvgIpc) is 3.86. The fourth-order valence-corrected chi connectivity index (χ4v) is 9.88. The number of fused-ring (bicyclic) bond motifs is 6. The molecule has 12 rings (SSSR count). The molecule has 4 nitrogen and oxygen atoms in total. The van der Waals surface area contributed by atoms with Gasteiger partial charge >= 0.3 is 0 Å². The maximum atomic E-state index is 5.13. The second-order valence-electron chi connectivity index (χ2n) is 16.5. The van der Waals surface area contributed by atoms with E-state index in [1.54, 1.807) is 0 Å². The van der Waals surface area contributed by atoms with Crippen LogP contribution in [0.5, 0.6) is 0 Å². The minimum atomic E-state index is 0.707. The fraction of sp³-hybridized carbons (Fsp3) is 0.0169. The molecular weight excluding hydrogens is 892 g/mol. The first-order valence-electron chi connectivity index (χ1n) is 21.6. The van der Waals surface area contributed by atoms with Crippen molar-refractivity contribution >= 4 is 66.2 Å². The quantitative estimate of drug-likeness (QED) is 0.149. The Morgan fingerprint density at radius 2 is 0.844 bits per heavy atom. The molecule has 0 bridgehead atoms. The molecule has 302 valence electrons. The van der Waals surface area contributed by atoms with Crippen molar-refractivity contribution < 1.29 is 0 Å². The van der Waals surface area contributed by atoms with E-state index in [2.05, 4.69) is 233 Å². The van der Waals surface area contributed by atoms with E-state index in [-0.39, 0.29) is 0 Å². The van der Waals surface area contributed by atoms with Crippen LogP contribution >= 0.6 is 22.6 Å². The van der Waals surface area contributed by atoms with Gasteiger partial charge in [-0.15, -0.1) is 0 Å². The van der Waals surface area contributed by atoms with Crippen LogP contribution in [0.1, 0.15) is 5.56 Å². The molecule has 0 N–H and O–H groups in total. The second-order valence-corrected chi connectivity index (χ2v) is 17.7. The third kappa shape index (κ3) is 6.68. The predicted octanol–water partition coefficient (Wildman–Crippen LogP) is 15.9. The molecule has 9 aromatic carbocycles. The first-order chi connectivity index (χ1) is 31.5. The Morgan fingerprint density at radius 3 is 1.58 bits per heavy atom. The molecule has 0 radical (unpaired) electrons. The number of hydrogen-bond donors (Lipinski definition) is 0. The van der Waals surface area contributed by atoms with Gasteiger partial charge in [-0.25, -0.2) is 9.97 Å². The number of benzene rings is 9. The van der Waals surface area contributed by atoms with Gasteiger partial charge in [0.1, 0.15) is 0 Å². The Bertz CT molecular complexity index is 3640. The Hall–Kier alpha value is -7.61. The molecule has 3 heterocycles. The Balaban J connectivity index is 0.960. The molecule has 0 fully saturated rings. The van der Waals surface area contributed by atoms with Crippen LogP contribution < -0.4 is 0 Å². The Morgan fingerprint density at radius 1 is 0.328 bits per heavy atom. The highest BCUT2D eigenvalue weighted by Crippen LogP contribution is 2.39. The molecule has 0 atom stereocenters. The summed E-state index contributed by atoms with van der Waals surface area (Å²) in [6.07, 6.45) is 0. The van der Waals surface area contributed by atoms with Crippen LogP contribution in [0.4, 0.5) is 0 Å². The maximum Gasteiger partial charge on any atom is 0.160 e. The highest BCUT2D eigenvalue weighted by Gasteiger charge is 2.17. The van der Waals surface area contributed by atoms with Crippen LogP contribution in [0, 0.1) is 10.5 Å². The maximum absolute atomic E-state index is 5.13. The summed E-state index contributed by atoms with van der Waals surface area (Å²) in [5, 5.41) is 5.01. The monoisotopic (exact) mass is 930 g/mol. The molecule has 0 saturated heterocycles. The van der Waals surface area contributed by atoms with E-state index in [1.807, 2.05) is 24.3 Å². The van der Waals surface area contributed by atoms with Crippen molar-refractivity contribution in [2.75, 3.05) is 0 Å². The SMILES string of the molecule is Cc1ccc2c(c1)c1cc(I)ccc1n2-c1cccc(-c2ccc3c4ccccc4n(-c4cccc(-c5cccc(-c6cc(-c7ccccc7)nc(-c7ccccc7)n6)c5)c4)c3c2)c1. The smallest absolute Gasteiger partial charge is 0.160 e. The van der Waals surface area contributed by atoms with Gasteiger partial charge in [-0.2, -0.15) is 0 Å². The lowest BCUT2D eigenvalue weighted by atomic mass is 10.00. The third-order valence-corrected chi connectivity index (χ3v) is 13.1. The number of hydrogen-bond acceptors (Lipinski definition) is 2. The van der Waals surface area contributed by atoms with Gasteiger partial charge < -0.3 is 9.13 Å². The summed E-state index contributed by atoms with van der Waals surface area (Å²) in [6, 6.07) is 78.5. The van der Waals surface area contributed by atoms with Crippen LogP contribution in [-0.4, -0.2) is 19.1 Å². The van der Waals surface area contributed by atoms with Gasteiger partial charge in [-0.3, -0.25) is 0 Å². The van der Waals surface area contributed by atoms with Crippen molar-refractivity contribution in [1.29, 1.82) is 0 Å². The van der Waals surface area contributed by atoms with Crippen molar-refractivity contribution in [3.05, 3.63) is 228 Å². The van der Waals surface area contributed by atoms with Crippen LogP contribution in [0.2, 0.25) is 0 Å². The van der Waals surface area contributed by atoms with E-state index in [9.17, 15) is 0 Å². The van der Waals surface area contributed by atoms with E-state index < -0.39 is 0 Å². The minimum absolute atomic E-state index is 0.707. The van der Waals surface area contributed by atoms with E-state index in [1.165, 1.54) is 63.9 Å². The molecule has 12 aromatic rings. The van der Waals surface area contributed by atoms with Gasteiger partial charge in [0.2, 0.25) is 0 Å². The molecule has 0 amide bonds. The summed E-state index contributed by atoms with van der Waals surface area (Å²) in [6.45, 7) is 2.17. The minimum Gasteiger partial charge on any atom is -0.309 e. The molecule has 0 spiro atoms. The third-order valence-electron chi connectivity index (χ3n) is 12.4. The Kier molecular flexibility index (Phi) is 9.30. The van der Waals surface area contributed by atoms with E-state index in [0.29, 0.717) is 5.82 Å². The second kappa shape index (κ2) is 15.6. The number of rotatable bonds is 7. The summed E-state index contributed by atoms with van der Waals surface area (Å²) in [4.78, 5) is 10.2. The van der Waals surface area contributed by atoms with Crippen LogP contribution in [0.25, 0.3) is 111 Å². The topological polar surface area (TPSA) is 35.6 Å². The normalized spacial score (nSPS) is 11.6. The number of halogens is 1. The van der Waals surface area contributed by atoms with Crippen molar-refractivity contribution in [3.8, 4) is 67.5 Å². The summed E-state index contributed by atoms with van der Waals surface area (Å²) < 4.78 is 6.07. The lowest BCUT2D eigenvalue weighted by Crippen LogP contribution is -1.96. The van der Waals surface area contributed by atoms with Gasteiger partial charge in [-0.1, -0.05) is 145 Å². The van der Waals surface area contributed by atoms with Gasteiger partial charge in [0, 0.05) is 53.2 Å². The zero-order valence-electron chi connectivity index (χ0n) is 35.0. The van der Waals surface area contributed by atoms with Crippen molar-refractivity contribution in [2.24, 2.45) is 0 Å².